The highest BCUT2D eigenvalue weighted by molar-refractivity contribution is 5.97. The Morgan fingerprint density at radius 1 is 1.40 bits per heavy atom. The number of nitrogens with zero attached hydrogens (tertiary/aromatic N) is 1. The van der Waals surface area contributed by atoms with Gasteiger partial charge in [-0.2, -0.15) is 0 Å². The van der Waals surface area contributed by atoms with E-state index in [1.165, 1.54) is 0 Å². The molecule has 1 aromatic carbocycles. The first-order valence-corrected chi connectivity index (χ1v) is 6.95. The van der Waals surface area contributed by atoms with Crippen LogP contribution in [0.3, 0.4) is 0 Å². The number of nitrogens with two attached hydrogens (primary N) is 1. The average molecular weight is 275 g/mol. The van der Waals surface area contributed by atoms with Crippen LogP contribution < -0.4 is 16.0 Å². The Hall–Kier alpha value is -2.04. The smallest absolute Gasteiger partial charge is 0.227 e. The van der Waals surface area contributed by atoms with E-state index in [0.717, 1.165) is 11.3 Å². The van der Waals surface area contributed by atoms with Crippen LogP contribution in [-0.4, -0.2) is 24.4 Å². The van der Waals surface area contributed by atoms with Crippen LogP contribution in [-0.2, 0) is 16.0 Å². The minimum absolute atomic E-state index is 0.0321. The number of hydrogen-bond acceptors (Lipinski definition) is 3. The second-order valence-corrected chi connectivity index (χ2v) is 5.41. The van der Waals surface area contributed by atoms with Gasteiger partial charge in [-0.25, -0.2) is 0 Å². The van der Waals surface area contributed by atoms with E-state index in [2.05, 4.69) is 5.32 Å². The summed E-state index contributed by atoms with van der Waals surface area (Å²) in [6.45, 7) is 4.25. The number of amides is 2. The van der Waals surface area contributed by atoms with Crippen LogP contribution >= 0.6 is 0 Å². The highest BCUT2D eigenvalue weighted by Crippen LogP contribution is 2.29. The molecule has 0 atom stereocenters. The monoisotopic (exact) mass is 275 g/mol. The van der Waals surface area contributed by atoms with Gasteiger partial charge in [-0.05, 0) is 44.0 Å². The van der Waals surface area contributed by atoms with Gasteiger partial charge in [0, 0.05) is 36.8 Å². The predicted octanol–water partition coefficient (Wildman–Crippen LogP) is 1.46. The molecule has 2 rings (SSSR count). The summed E-state index contributed by atoms with van der Waals surface area (Å²) in [5.74, 6) is 0.0370. The van der Waals surface area contributed by atoms with Crippen molar-refractivity contribution in [2.75, 3.05) is 17.2 Å². The van der Waals surface area contributed by atoms with Crippen LogP contribution in [0, 0.1) is 0 Å². The normalized spacial score (nSPS) is 14.3. The first-order valence-electron chi connectivity index (χ1n) is 6.95. The van der Waals surface area contributed by atoms with Gasteiger partial charge in [-0.3, -0.25) is 9.59 Å². The highest BCUT2D eigenvalue weighted by Gasteiger charge is 2.24. The third kappa shape index (κ3) is 3.29. The molecule has 5 nitrogen and oxygen atoms in total. The largest absolute Gasteiger partial charge is 0.399 e. The first-order chi connectivity index (χ1) is 9.47. The van der Waals surface area contributed by atoms with Crippen LogP contribution in [0.15, 0.2) is 18.2 Å². The van der Waals surface area contributed by atoms with Gasteiger partial charge in [0.15, 0.2) is 0 Å². The molecule has 108 valence electrons. The van der Waals surface area contributed by atoms with E-state index >= 15 is 0 Å². The number of carbonyl (C=O) groups is 2. The summed E-state index contributed by atoms with van der Waals surface area (Å²) >= 11 is 0. The molecule has 1 aliphatic rings. The lowest BCUT2D eigenvalue weighted by Crippen LogP contribution is -2.39. The van der Waals surface area contributed by atoms with Crippen molar-refractivity contribution in [1.29, 1.82) is 0 Å². The second-order valence-electron chi connectivity index (χ2n) is 5.41. The molecule has 0 radical (unpaired) electrons. The molecule has 0 aromatic heterocycles. The van der Waals surface area contributed by atoms with Crippen molar-refractivity contribution in [3.63, 3.8) is 0 Å². The number of nitrogens with one attached hydrogen (secondary N) is 1. The molecule has 0 spiro atoms. The molecule has 3 N–H and O–H groups in total. The lowest BCUT2D eigenvalue weighted by atomic mass is 10.0. The zero-order chi connectivity index (χ0) is 14.7. The zero-order valence-corrected chi connectivity index (χ0v) is 12.0. The summed E-state index contributed by atoms with van der Waals surface area (Å²) in [4.78, 5) is 25.4. The lowest BCUT2D eigenvalue weighted by Gasteiger charge is -2.29. The number of rotatable bonds is 4. The first kappa shape index (κ1) is 14.4. The minimum atomic E-state index is -0.0321. The molecule has 1 heterocycles. The maximum atomic E-state index is 12.0. The number of anilines is 2. The van der Waals surface area contributed by atoms with Crippen LogP contribution in [0.1, 0.15) is 32.3 Å². The summed E-state index contributed by atoms with van der Waals surface area (Å²) in [6, 6.07) is 5.68. The zero-order valence-electron chi connectivity index (χ0n) is 12.0. The van der Waals surface area contributed by atoms with Crippen molar-refractivity contribution in [2.45, 2.75) is 39.2 Å². The number of carbonyl (C=O) groups excluding carboxylic acids is 2. The van der Waals surface area contributed by atoms with Crippen molar-refractivity contribution in [2.24, 2.45) is 0 Å². The molecule has 2 amide bonds. The summed E-state index contributed by atoms with van der Waals surface area (Å²) in [6.07, 6.45) is 1.50. The lowest BCUT2D eigenvalue weighted by molar-refractivity contribution is -0.121. The van der Waals surface area contributed by atoms with E-state index in [0.29, 0.717) is 31.5 Å². The van der Waals surface area contributed by atoms with Crippen LogP contribution in [0.2, 0.25) is 0 Å². The van der Waals surface area contributed by atoms with Crippen molar-refractivity contribution < 1.29 is 9.59 Å². The number of benzene rings is 1. The summed E-state index contributed by atoms with van der Waals surface area (Å²) in [7, 11) is 0. The predicted molar refractivity (Wildman–Crippen MR) is 79.4 cm³/mol. The quantitative estimate of drug-likeness (QED) is 0.817. The topological polar surface area (TPSA) is 75.4 Å². The Morgan fingerprint density at radius 2 is 2.15 bits per heavy atom. The fourth-order valence-corrected chi connectivity index (χ4v) is 2.43. The van der Waals surface area contributed by atoms with Gasteiger partial charge < -0.3 is 16.0 Å². The van der Waals surface area contributed by atoms with Crippen molar-refractivity contribution in [3.8, 4) is 0 Å². The Bertz CT molecular complexity index is 526. The van der Waals surface area contributed by atoms with Gasteiger partial charge in [0.1, 0.15) is 0 Å². The molecule has 0 saturated heterocycles. The Labute approximate surface area is 119 Å². The van der Waals surface area contributed by atoms with Gasteiger partial charge in [-0.1, -0.05) is 0 Å². The third-order valence-electron chi connectivity index (χ3n) is 3.32. The maximum absolute atomic E-state index is 12.0. The fraction of sp³-hybridized carbons (Fsp3) is 0.467. The standard InChI is InChI=1S/C15H21N3O2/c1-10(2)17-14(19)7-8-18-13-5-4-12(16)9-11(13)3-6-15(18)20/h4-5,9-10H,3,6-8,16H2,1-2H3,(H,17,19). The molecule has 1 aliphatic heterocycles. The Morgan fingerprint density at radius 3 is 2.85 bits per heavy atom. The van der Waals surface area contributed by atoms with Gasteiger partial charge in [0.05, 0.1) is 0 Å². The van der Waals surface area contributed by atoms with Crippen molar-refractivity contribution in [1.82, 2.24) is 5.32 Å². The fourth-order valence-electron chi connectivity index (χ4n) is 2.43. The molecular weight excluding hydrogens is 254 g/mol. The SMILES string of the molecule is CC(C)NC(=O)CCN1C(=O)CCc2cc(N)ccc21. The molecular formula is C15H21N3O2. The minimum Gasteiger partial charge on any atom is -0.399 e. The van der Waals surface area contributed by atoms with E-state index < -0.39 is 0 Å². The van der Waals surface area contributed by atoms with Crippen LogP contribution in [0.4, 0.5) is 11.4 Å². The van der Waals surface area contributed by atoms with E-state index in [-0.39, 0.29) is 17.9 Å². The van der Waals surface area contributed by atoms with Gasteiger partial charge in [0.25, 0.3) is 0 Å². The van der Waals surface area contributed by atoms with Gasteiger partial charge >= 0.3 is 0 Å². The number of fused-ring (bicyclic) bond motifs is 1. The molecule has 5 heteroatoms. The molecule has 0 unspecified atom stereocenters. The number of nitrogen functional groups attached to an aromatic ring is 1. The van der Waals surface area contributed by atoms with Gasteiger partial charge in [0.2, 0.25) is 11.8 Å². The molecule has 0 bridgehead atoms. The Kier molecular flexibility index (Phi) is 4.27. The second kappa shape index (κ2) is 5.94. The van der Waals surface area contributed by atoms with Crippen molar-refractivity contribution in [3.05, 3.63) is 23.8 Å². The highest BCUT2D eigenvalue weighted by atomic mass is 16.2. The van der Waals surface area contributed by atoms with E-state index in [4.69, 9.17) is 5.73 Å². The average Bonchev–Trinajstić information content (AvgIpc) is 2.37. The molecule has 1 aromatic rings. The van der Waals surface area contributed by atoms with E-state index in [1.54, 1.807) is 11.0 Å². The number of hydrogen-bond donors (Lipinski definition) is 2. The van der Waals surface area contributed by atoms with Crippen LogP contribution in [0.25, 0.3) is 0 Å². The summed E-state index contributed by atoms with van der Waals surface area (Å²) in [5, 5.41) is 2.83. The Balaban J connectivity index is 2.08. The molecule has 0 saturated carbocycles. The van der Waals surface area contributed by atoms with E-state index in [9.17, 15) is 9.59 Å². The van der Waals surface area contributed by atoms with Gasteiger partial charge in [-0.15, -0.1) is 0 Å². The summed E-state index contributed by atoms with van der Waals surface area (Å²) < 4.78 is 0. The van der Waals surface area contributed by atoms with E-state index in [1.807, 2.05) is 26.0 Å². The maximum Gasteiger partial charge on any atom is 0.227 e. The number of aryl methyl sites for hydroxylation is 1. The third-order valence-corrected chi connectivity index (χ3v) is 3.32. The molecule has 0 aliphatic carbocycles. The van der Waals surface area contributed by atoms with Crippen LogP contribution in [0.5, 0.6) is 0 Å². The van der Waals surface area contributed by atoms with Crippen molar-refractivity contribution >= 4 is 23.2 Å². The molecule has 20 heavy (non-hydrogen) atoms. The summed E-state index contributed by atoms with van der Waals surface area (Å²) in [5.41, 5.74) is 8.44. The molecule has 0 fully saturated rings.